The van der Waals surface area contributed by atoms with E-state index in [2.05, 4.69) is 10.2 Å². The maximum atomic E-state index is 9.64. The molecule has 1 aliphatic rings. The Hall–Kier alpha value is -2.89. The van der Waals surface area contributed by atoms with E-state index in [1.807, 2.05) is 25.1 Å². The molecule has 0 bridgehead atoms. The lowest BCUT2D eigenvalue weighted by Gasteiger charge is -2.27. The molecular weight excluding hydrogens is 460 g/mol. The summed E-state index contributed by atoms with van der Waals surface area (Å²) in [5.41, 5.74) is 1.18. The summed E-state index contributed by atoms with van der Waals surface area (Å²) in [7, 11) is 0. The van der Waals surface area contributed by atoms with E-state index in [1.165, 1.54) is 5.56 Å². The van der Waals surface area contributed by atoms with E-state index in [-0.39, 0.29) is 25.7 Å². The van der Waals surface area contributed by atoms with Crippen LogP contribution in [0, 0.1) is 0 Å². The van der Waals surface area contributed by atoms with E-state index in [0.29, 0.717) is 6.61 Å². The first-order valence-corrected chi connectivity index (χ1v) is 10.6. The highest BCUT2D eigenvalue weighted by Crippen LogP contribution is 2.24. The Morgan fingerprint density at radius 2 is 1.36 bits per heavy atom. The molecule has 0 aromatic heterocycles. The number of carbonyl (C=O) groups is 4. The third-order valence-electron chi connectivity index (χ3n) is 4.03. The summed E-state index contributed by atoms with van der Waals surface area (Å²) in [6, 6.07) is 5.85. The van der Waals surface area contributed by atoms with Gasteiger partial charge in [0, 0.05) is 43.3 Å². The molecule has 1 aromatic carbocycles. The molecule has 0 saturated carbocycles. The van der Waals surface area contributed by atoms with Gasteiger partial charge in [0.05, 0.1) is 32.3 Å². The number of carboxylic acids is 4. The fraction of sp³-hybridized carbons (Fsp3) is 0.524. The van der Waals surface area contributed by atoms with Gasteiger partial charge in [-0.1, -0.05) is 11.6 Å². The number of rotatable bonds is 10. The molecule has 12 heteroatoms. The Bertz CT molecular complexity index is 712. The number of aliphatic carboxylic acids is 4. The molecule has 186 valence electrons. The topological polar surface area (TPSA) is 174 Å². The van der Waals surface area contributed by atoms with Crippen LogP contribution in [0.15, 0.2) is 18.2 Å². The highest BCUT2D eigenvalue weighted by molar-refractivity contribution is 6.30. The number of carboxylic acid groups (broad SMARTS) is 4. The van der Waals surface area contributed by atoms with Gasteiger partial charge in [0.2, 0.25) is 0 Å². The number of hydrogen-bond acceptors (Lipinski definition) is 7. The Labute approximate surface area is 196 Å². The van der Waals surface area contributed by atoms with Crippen LogP contribution in [0.3, 0.4) is 0 Å². The summed E-state index contributed by atoms with van der Waals surface area (Å²) in [4.78, 5) is 41.0. The first-order chi connectivity index (χ1) is 15.5. The minimum Gasteiger partial charge on any atom is -0.494 e. The minimum absolute atomic E-state index is 0.296. The van der Waals surface area contributed by atoms with Crippen molar-refractivity contribution < 1.29 is 44.3 Å². The van der Waals surface area contributed by atoms with E-state index in [0.717, 1.165) is 43.5 Å². The average Bonchev–Trinajstić information content (AvgIpc) is 2.74. The van der Waals surface area contributed by atoms with Gasteiger partial charge >= 0.3 is 23.9 Å². The second-order valence-electron chi connectivity index (χ2n) is 6.79. The Balaban J connectivity index is 0.000000539. The van der Waals surface area contributed by atoms with Crippen LogP contribution >= 0.6 is 11.6 Å². The van der Waals surface area contributed by atoms with E-state index in [4.69, 9.17) is 36.8 Å². The fourth-order valence-corrected chi connectivity index (χ4v) is 2.70. The zero-order valence-electron chi connectivity index (χ0n) is 18.5. The first kappa shape index (κ1) is 30.1. The average molecular weight is 491 g/mol. The van der Waals surface area contributed by atoms with Crippen LogP contribution in [-0.2, 0) is 25.7 Å². The van der Waals surface area contributed by atoms with E-state index in [1.54, 1.807) is 0 Å². The zero-order chi connectivity index (χ0) is 25.2. The summed E-state index contributed by atoms with van der Waals surface area (Å²) in [5.74, 6) is -3.35. The van der Waals surface area contributed by atoms with Gasteiger partial charge in [-0.05, 0) is 25.1 Å². The molecule has 1 fully saturated rings. The van der Waals surface area contributed by atoms with Crippen molar-refractivity contribution in [1.29, 1.82) is 0 Å². The van der Waals surface area contributed by atoms with Crippen LogP contribution in [0.2, 0.25) is 5.02 Å². The van der Waals surface area contributed by atoms with Gasteiger partial charge in [-0.25, -0.2) is 0 Å². The predicted octanol–water partition coefficient (Wildman–Crippen LogP) is 2.02. The quantitative estimate of drug-likeness (QED) is 0.324. The van der Waals surface area contributed by atoms with Crippen LogP contribution in [0.25, 0.3) is 0 Å². The highest BCUT2D eigenvalue weighted by Gasteiger charge is 2.13. The molecule has 0 aliphatic carbocycles. The molecule has 33 heavy (non-hydrogen) atoms. The number of hydrogen-bond donors (Lipinski definition) is 5. The number of nitrogens with zero attached hydrogens (tertiary/aromatic N) is 1. The van der Waals surface area contributed by atoms with E-state index >= 15 is 0 Å². The molecular formula is C21H31ClN2O9. The molecule has 2 rings (SSSR count). The van der Waals surface area contributed by atoms with E-state index in [9.17, 15) is 19.2 Å². The largest absolute Gasteiger partial charge is 0.494 e. The Morgan fingerprint density at radius 3 is 1.76 bits per heavy atom. The van der Waals surface area contributed by atoms with Crippen LogP contribution < -0.4 is 10.1 Å². The van der Waals surface area contributed by atoms with Crippen molar-refractivity contribution in [2.45, 2.75) is 39.2 Å². The Morgan fingerprint density at radius 1 is 0.909 bits per heavy atom. The normalized spacial score (nSPS) is 12.9. The van der Waals surface area contributed by atoms with Crippen molar-refractivity contribution in [1.82, 2.24) is 10.2 Å². The summed E-state index contributed by atoms with van der Waals surface area (Å²) >= 11 is 6.05. The number of nitrogens with one attached hydrogen (secondary N) is 1. The van der Waals surface area contributed by atoms with Crippen molar-refractivity contribution in [2.24, 2.45) is 0 Å². The molecule has 0 unspecified atom stereocenters. The van der Waals surface area contributed by atoms with Crippen LogP contribution in [0.4, 0.5) is 0 Å². The van der Waals surface area contributed by atoms with Gasteiger partial charge in [-0.2, -0.15) is 0 Å². The van der Waals surface area contributed by atoms with Crippen molar-refractivity contribution in [3.63, 3.8) is 0 Å². The molecule has 1 aromatic rings. The second-order valence-corrected chi connectivity index (χ2v) is 7.22. The lowest BCUT2D eigenvalue weighted by molar-refractivity contribution is -0.143. The highest BCUT2D eigenvalue weighted by atomic mass is 35.5. The predicted molar refractivity (Wildman–Crippen MR) is 120 cm³/mol. The van der Waals surface area contributed by atoms with Crippen LogP contribution in [0.5, 0.6) is 5.75 Å². The van der Waals surface area contributed by atoms with Crippen LogP contribution in [0.1, 0.15) is 38.2 Å². The van der Waals surface area contributed by atoms with Gasteiger partial charge < -0.3 is 30.5 Å². The molecule has 5 N–H and O–H groups in total. The minimum atomic E-state index is -1.08. The van der Waals surface area contributed by atoms with E-state index < -0.39 is 23.9 Å². The maximum absolute atomic E-state index is 9.64. The molecule has 0 amide bonds. The van der Waals surface area contributed by atoms with Crippen molar-refractivity contribution in [2.75, 3.05) is 32.8 Å². The standard InChI is InChI=1S/C13H19ClN2O.2C4H6O4/c1-2-17-13-4-3-12(14)9-11(13)10-16-7-5-15-6-8-16;2*5-3(6)1-2-4(7)8/h3-4,9,15H,2,5-8,10H2,1H3;2*1-2H2,(H,5,6)(H,7,8). The number of ether oxygens (including phenoxy) is 1. The smallest absolute Gasteiger partial charge is 0.303 e. The monoisotopic (exact) mass is 490 g/mol. The summed E-state index contributed by atoms with van der Waals surface area (Å²) in [5, 5.41) is 35.7. The van der Waals surface area contributed by atoms with Gasteiger partial charge in [-0.15, -0.1) is 0 Å². The maximum Gasteiger partial charge on any atom is 0.303 e. The molecule has 1 heterocycles. The number of piperazine rings is 1. The van der Waals surface area contributed by atoms with Crippen molar-refractivity contribution in [3.8, 4) is 5.75 Å². The Kier molecular flexibility index (Phi) is 16.1. The summed E-state index contributed by atoms with van der Waals surface area (Å²) in [6.07, 6.45) is -1.19. The second kappa shape index (κ2) is 17.6. The summed E-state index contributed by atoms with van der Waals surface area (Å²) in [6.45, 7) is 7.89. The third kappa shape index (κ3) is 17.4. The summed E-state index contributed by atoms with van der Waals surface area (Å²) < 4.78 is 5.63. The zero-order valence-corrected chi connectivity index (χ0v) is 19.2. The molecule has 1 saturated heterocycles. The fourth-order valence-electron chi connectivity index (χ4n) is 2.51. The van der Waals surface area contributed by atoms with Crippen molar-refractivity contribution >= 4 is 35.5 Å². The van der Waals surface area contributed by atoms with Gasteiger partial charge in [-0.3, -0.25) is 24.1 Å². The molecule has 1 aliphatic heterocycles. The number of benzene rings is 1. The first-order valence-electron chi connectivity index (χ1n) is 10.3. The van der Waals surface area contributed by atoms with Gasteiger partial charge in [0.1, 0.15) is 5.75 Å². The number of halogens is 1. The third-order valence-corrected chi connectivity index (χ3v) is 4.27. The molecule has 11 nitrogen and oxygen atoms in total. The van der Waals surface area contributed by atoms with Crippen molar-refractivity contribution in [3.05, 3.63) is 28.8 Å². The molecule has 0 radical (unpaired) electrons. The van der Waals surface area contributed by atoms with Gasteiger partial charge in [0.15, 0.2) is 0 Å². The van der Waals surface area contributed by atoms with Crippen LogP contribution in [-0.4, -0.2) is 82.0 Å². The lowest BCUT2D eigenvalue weighted by atomic mass is 10.1. The van der Waals surface area contributed by atoms with Gasteiger partial charge in [0.25, 0.3) is 0 Å². The molecule has 0 atom stereocenters. The lowest BCUT2D eigenvalue weighted by Crippen LogP contribution is -2.42. The SMILES string of the molecule is CCOc1ccc(Cl)cc1CN1CCNCC1.O=C(O)CCC(=O)O.O=C(O)CCC(=O)O. The molecule has 0 spiro atoms.